The maximum absolute atomic E-state index is 13.0. The van der Waals surface area contributed by atoms with Gasteiger partial charge in [0.2, 0.25) is 15.9 Å². The Morgan fingerprint density at radius 3 is 2.21 bits per heavy atom. The molecule has 2 aromatic carbocycles. The number of rotatable bonds is 12. The summed E-state index contributed by atoms with van der Waals surface area (Å²) in [4.78, 5) is 49.6. The topological polar surface area (TPSA) is 209 Å². The fraction of sp³-hybridized carbons (Fsp3) is 0.414. The molecule has 12 nitrogen and oxygen atoms in total. The van der Waals surface area contributed by atoms with Crippen molar-refractivity contribution >= 4 is 45.1 Å². The number of sulfonamides is 1. The van der Waals surface area contributed by atoms with Gasteiger partial charge in [-0.25, -0.2) is 8.42 Å². The van der Waals surface area contributed by atoms with E-state index < -0.39 is 51.1 Å². The Labute approximate surface area is 244 Å². The van der Waals surface area contributed by atoms with Gasteiger partial charge in [-0.3, -0.25) is 24.6 Å². The standard InChI is InChI=1S/C29H35N5O7S/c1-28(2)20-11-12-29(28,23(35)14-20)16-42(40,41)34-22(27(38)39)15-32-26(37)19-5-3-17(4-6-19)13-24(36)33-21-9-7-18(8-10-21)25(30)31/h3-10,20,22,34H,11-16H2,1-2H3,(H3,30,31)(H,32,37)(H,33,36)(H,38,39). The SMILES string of the molecule is CC1(C)C2CCC1(CS(=O)(=O)NC(CNC(=O)c1ccc(CC(=O)Nc3ccc(C(=N)N)cc3)cc1)C(=O)O)C(=O)C2. The van der Waals surface area contributed by atoms with E-state index in [1.807, 2.05) is 13.8 Å². The molecule has 0 aromatic heterocycles. The lowest BCUT2D eigenvalue weighted by atomic mass is 9.70. The first-order chi connectivity index (χ1) is 19.6. The number of hydrogen-bond donors (Lipinski definition) is 6. The highest BCUT2D eigenvalue weighted by Gasteiger charge is 2.65. The van der Waals surface area contributed by atoms with Crippen LogP contribution in [0.5, 0.6) is 0 Å². The third-order valence-electron chi connectivity index (χ3n) is 8.72. The summed E-state index contributed by atoms with van der Waals surface area (Å²) in [5, 5.41) is 22.2. The van der Waals surface area contributed by atoms with Crippen LogP contribution in [0.4, 0.5) is 5.69 Å². The summed E-state index contributed by atoms with van der Waals surface area (Å²) in [7, 11) is -4.17. The molecule has 2 fully saturated rings. The molecule has 2 aliphatic rings. The Balaban J connectivity index is 1.31. The number of carboxylic acid groups (broad SMARTS) is 1. The van der Waals surface area contributed by atoms with Gasteiger partial charge in [-0.2, -0.15) is 4.72 Å². The van der Waals surface area contributed by atoms with Crippen molar-refractivity contribution in [2.45, 2.75) is 45.6 Å². The number of carbonyl (C=O) groups excluding carboxylic acids is 3. The Hall–Kier alpha value is -4.10. The van der Waals surface area contributed by atoms with Gasteiger partial charge in [-0.15, -0.1) is 0 Å². The maximum Gasteiger partial charge on any atom is 0.323 e. The number of nitrogens with two attached hydrogens (primary N) is 1. The van der Waals surface area contributed by atoms with Crippen LogP contribution in [-0.2, 0) is 30.8 Å². The molecule has 2 aromatic rings. The van der Waals surface area contributed by atoms with Gasteiger partial charge < -0.3 is 21.5 Å². The van der Waals surface area contributed by atoms with Crippen LogP contribution in [0.3, 0.4) is 0 Å². The second-order valence-electron chi connectivity index (χ2n) is 11.6. The summed E-state index contributed by atoms with van der Waals surface area (Å²) in [5.41, 5.74) is 5.77. The summed E-state index contributed by atoms with van der Waals surface area (Å²) >= 11 is 0. The molecule has 0 spiro atoms. The molecule has 2 saturated carbocycles. The minimum atomic E-state index is -4.17. The Morgan fingerprint density at radius 2 is 1.69 bits per heavy atom. The largest absolute Gasteiger partial charge is 0.480 e. The predicted octanol–water partition coefficient (Wildman–Crippen LogP) is 1.65. The zero-order valence-electron chi connectivity index (χ0n) is 23.4. The van der Waals surface area contributed by atoms with Crippen LogP contribution >= 0.6 is 0 Å². The second kappa shape index (κ2) is 11.6. The quantitative estimate of drug-likeness (QED) is 0.156. The van der Waals surface area contributed by atoms with Gasteiger partial charge >= 0.3 is 5.97 Å². The first-order valence-corrected chi connectivity index (χ1v) is 15.2. The Morgan fingerprint density at radius 1 is 1.07 bits per heavy atom. The lowest BCUT2D eigenvalue weighted by Crippen LogP contribution is -2.52. The normalized spacial score (nSPS) is 21.5. The van der Waals surface area contributed by atoms with E-state index in [2.05, 4.69) is 15.4 Å². The van der Waals surface area contributed by atoms with Gasteiger partial charge in [-0.1, -0.05) is 26.0 Å². The highest BCUT2D eigenvalue weighted by atomic mass is 32.2. The van der Waals surface area contributed by atoms with Crippen molar-refractivity contribution in [1.82, 2.24) is 10.0 Å². The number of aliphatic carboxylic acids is 1. The minimum Gasteiger partial charge on any atom is -0.480 e. The van der Waals surface area contributed by atoms with Crippen LogP contribution in [0.25, 0.3) is 0 Å². The van der Waals surface area contributed by atoms with Gasteiger partial charge in [0.1, 0.15) is 17.7 Å². The molecule has 2 bridgehead atoms. The van der Waals surface area contributed by atoms with Crippen molar-refractivity contribution in [2.24, 2.45) is 22.5 Å². The summed E-state index contributed by atoms with van der Waals surface area (Å²) < 4.78 is 28.2. The summed E-state index contributed by atoms with van der Waals surface area (Å²) in [6.07, 6.45) is 1.57. The van der Waals surface area contributed by atoms with E-state index in [1.165, 1.54) is 12.1 Å². The number of carbonyl (C=O) groups is 4. The van der Waals surface area contributed by atoms with Crippen molar-refractivity contribution in [3.8, 4) is 0 Å². The van der Waals surface area contributed by atoms with Crippen LogP contribution in [-0.4, -0.2) is 61.3 Å². The zero-order chi connectivity index (χ0) is 30.9. The summed E-state index contributed by atoms with van der Waals surface area (Å²) in [5.74, 6) is -2.93. The predicted molar refractivity (Wildman–Crippen MR) is 155 cm³/mol. The number of Topliss-reactive ketones (excluding diaryl/α,β-unsaturated/α-hetero) is 1. The molecule has 0 aliphatic heterocycles. The third kappa shape index (κ3) is 6.36. The van der Waals surface area contributed by atoms with E-state index in [-0.39, 0.29) is 35.4 Å². The van der Waals surface area contributed by atoms with Crippen molar-refractivity contribution in [3.63, 3.8) is 0 Å². The average molecular weight is 598 g/mol. The number of amidine groups is 1. The summed E-state index contributed by atoms with van der Waals surface area (Å²) in [6.45, 7) is 3.28. The number of benzene rings is 2. The van der Waals surface area contributed by atoms with Gasteiger partial charge in [0.25, 0.3) is 5.91 Å². The summed E-state index contributed by atoms with van der Waals surface area (Å²) in [6, 6.07) is 11.0. The molecule has 7 N–H and O–H groups in total. The van der Waals surface area contributed by atoms with E-state index in [1.54, 1.807) is 36.4 Å². The first kappa shape index (κ1) is 30.8. The number of ketones is 1. The number of nitrogens with one attached hydrogen (secondary N) is 4. The van der Waals surface area contributed by atoms with Gasteiger partial charge in [0.15, 0.2) is 0 Å². The van der Waals surface area contributed by atoms with Crippen LogP contribution in [0.2, 0.25) is 0 Å². The molecule has 13 heteroatoms. The molecular weight excluding hydrogens is 562 g/mol. The number of fused-ring (bicyclic) bond motifs is 2. The molecule has 0 heterocycles. The van der Waals surface area contributed by atoms with E-state index >= 15 is 0 Å². The van der Waals surface area contributed by atoms with E-state index in [4.69, 9.17) is 11.1 Å². The molecule has 224 valence electrons. The molecule has 42 heavy (non-hydrogen) atoms. The van der Waals surface area contributed by atoms with Crippen molar-refractivity contribution in [3.05, 3.63) is 65.2 Å². The fourth-order valence-corrected chi connectivity index (χ4v) is 8.09. The monoisotopic (exact) mass is 597 g/mol. The first-order valence-electron chi connectivity index (χ1n) is 13.5. The van der Waals surface area contributed by atoms with Crippen molar-refractivity contribution in [1.29, 1.82) is 5.41 Å². The minimum absolute atomic E-state index is 0.0285. The van der Waals surface area contributed by atoms with E-state index in [0.29, 0.717) is 29.7 Å². The molecular formula is C29H35N5O7S. The number of nitrogen functional groups attached to an aromatic ring is 1. The molecule has 4 rings (SSSR count). The maximum atomic E-state index is 13.0. The smallest absolute Gasteiger partial charge is 0.323 e. The fourth-order valence-electron chi connectivity index (χ4n) is 6.06. The van der Waals surface area contributed by atoms with Gasteiger partial charge in [0.05, 0.1) is 12.2 Å². The zero-order valence-corrected chi connectivity index (χ0v) is 24.2. The van der Waals surface area contributed by atoms with Crippen LogP contribution < -0.4 is 21.1 Å². The molecule has 0 saturated heterocycles. The van der Waals surface area contributed by atoms with Crippen molar-refractivity contribution < 1.29 is 32.7 Å². The number of amides is 2. The van der Waals surface area contributed by atoms with E-state index in [0.717, 1.165) is 6.42 Å². The third-order valence-corrected chi connectivity index (χ3v) is 10.2. The van der Waals surface area contributed by atoms with E-state index in [9.17, 15) is 32.7 Å². The van der Waals surface area contributed by atoms with Crippen LogP contribution in [0, 0.1) is 22.2 Å². The lowest BCUT2D eigenvalue weighted by Gasteiger charge is -2.36. The lowest BCUT2D eigenvalue weighted by molar-refractivity contribution is -0.138. The highest BCUT2D eigenvalue weighted by Crippen LogP contribution is 2.64. The second-order valence-corrected chi connectivity index (χ2v) is 13.3. The van der Waals surface area contributed by atoms with Crippen LogP contribution in [0.1, 0.15) is 54.6 Å². The number of carboxylic acids is 1. The number of anilines is 1. The Kier molecular flexibility index (Phi) is 8.55. The molecule has 3 unspecified atom stereocenters. The number of hydrogen-bond acceptors (Lipinski definition) is 7. The molecule has 2 aliphatic carbocycles. The highest BCUT2D eigenvalue weighted by molar-refractivity contribution is 7.89. The Bertz CT molecular complexity index is 1520. The molecule has 0 radical (unpaired) electrons. The van der Waals surface area contributed by atoms with Crippen molar-refractivity contribution in [2.75, 3.05) is 17.6 Å². The average Bonchev–Trinajstić information content (AvgIpc) is 3.25. The van der Waals surface area contributed by atoms with Gasteiger partial charge in [0, 0.05) is 35.2 Å². The molecule has 2 amide bonds. The van der Waals surface area contributed by atoms with Crippen LogP contribution in [0.15, 0.2) is 48.5 Å². The molecule has 3 atom stereocenters. The van der Waals surface area contributed by atoms with Gasteiger partial charge in [-0.05, 0) is 66.1 Å².